The van der Waals surface area contributed by atoms with Crippen molar-refractivity contribution >= 4 is 51.9 Å². The number of benzene rings is 2. The predicted octanol–water partition coefficient (Wildman–Crippen LogP) is 5.11. The van der Waals surface area contributed by atoms with Crippen LogP contribution >= 0.6 is 34.5 Å². The Balaban J connectivity index is 1.89. The second-order valence-electron chi connectivity index (χ2n) is 5.36. The Morgan fingerprint density at radius 3 is 2.38 bits per heavy atom. The maximum atomic E-state index is 12.9. The first kappa shape index (κ1) is 18.5. The average molecular weight is 405 g/mol. The Hall–Kier alpha value is -2.34. The molecule has 2 N–H and O–H groups in total. The highest BCUT2D eigenvalue weighted by Crippen LogP contribution is 2.30. The first-order valence-corrected chi connectivity index (χ1v) is 9.34. The van der Waals surface area contributed by atoms with Crippen molar-refractivity contribution in [3.05, 3.63) is 86.5 Å². The van der Waals surface area contributed by atoms with Crippen molar-refractivity contribution in [1.29, 1.82) is 0 Å². The second kappa shape index (κ2) is 8.36. The topological polar surface area (TPSA) is 58.2 Å². The summed E-state index contributed by atoms with van der Waals surface area (Å²) >= 11 is 13.5. The molecule has 1 heterocycles. The maximum Gasteiger partial charge on any atom is 0.263 e. The molecule has 3 aromatic rings. The van der Waals surface area contributed by atoms with Crippen LogP contribution in [0.5, 0.6) is 0 Å². The molecule has 0 aliphatic heterocycles. The Kier molecular flexibility index (Phi) is 5.93. The van der Waals surface area contributed by atoms with Crippen LogP contribution in [0.2, 0.25) is 10.0 Å². The largest absolute Gasteiger partial charge is 0.358 e. The number of hydrogen-bond donors (Lipinski definition) is 2. The minimum atomic E-state index is -0.997. The van der Waals surface area contributed by atoms with Gasteiger partial charge in [0, 0.05) is 5.56 Å². The van der Waals surface area contributed by atoms with Gasteiger partial charge >= 0.3 is 0 Å². The molecule has 26 heavy (non-hydrogen) atoms. The molecule has 4 nitrogen and oxygen atoms in total. The summed E-state index contributed by atoms with van der Waals surface area (Å²) < 4.78 is 0. The third kappa shape index (κ3) is 4.25. The van der Waals surface area contributed by atoms with Gasteiger partial charge in [0.15, 0.2) is 6.17 Å². The summed E-state index contributed by atoms with van der Waals surface area (Å²) in [5.41, 5.74) is 0.926. The van der Waals surface area contributed by atoms with E-state index in [1.54, 1.807) is 60.0 Å². The van der Waals surface area contributed by atoms with Crippen LogP contribution in [0, 0.1) is 0 Å². The molecule has 1 atom stereocenters. The summed E-state index contributed by atoms with van der Waals surface area (Å²) in [6, 6.07) is 17.2. The predicted molar refractivity (Wildman–Crippen MR) is 106 cm³/mol. The van der Waals surface area contributed by atoms with Gasteiger partial charge in [-0.15, -0.1) is 11.3 Å². The fourth-order valence-electron chi connectivity index (χ4n) is 2.32. The van der Waals surface area contributed by atoms with Crippen molar-refractivity contribution in [2.45, 2.75) is 6.17 Å². The number of ketones is 1. The van der Waals surface area contributed by atoms with E-state index in [0.717, 1.165) is 0 Å². The van der Waals surface area contributed by atoms with E-state index in [9.17, 15) is 9.59 Å². The zero-order valence-electron chi connectivity index (χ0n) is 13.4. The van der Waals surface area contributed by atoms with Crippen LogP contribution in [0.15, 0.2) is 66.0 Å². The molecule has 0 bridgehead atoms. The van der Waals surface area contributed by atoms with Gasteiger partial charge in [0.05, 0.1) is 20.6 Å². The number of amides is 1. The van der Waals surface area contributed by atoms with E-state index in [4.69, 9.17) is 23.2 Å². The van der Waals surface area contributed by atoms with Gasteiger partial charge in [-0.05, 0) is 23.6 Å². The highest BCUT2D eigenvalue weighted by atomic mass is 35.5. The molecule has 3 rings (SSSR count). The van der Waals surface area contributed by atoms with Gasteiger partial charge in [-0.1, -0.05) is 65.7 Å². The number of anilines is 1. The first-order chi connectivity index (χ1) is 12.6. The number of halogens is 2. The van der Waals surface area contributed by atoms with Gasteiger partial charge in [0.25, 0.3) is 5.91 Å². The van der Waals surface area contributed by atoms with Gasteiger partial charge in [-0.3, -0.25) is 9.59 Å². The number of hydrogen-bond acceptors (Lipinski definition) is 4. The molecule has 7 heteroatoms. The zero-order chi connectivity index (χ0) is 18.5. The summed E-state index contributed by atoms with van der Waals surface area (Å²) in [4.78, 5) is 25.9. The maximum absolute atomic E-state index is 12.9. The van der Waals surface area contributed by atoms with Crippen LogP contribution in [-0.2, 0) is 0 Å². The summed E-state index contributed by atoms with van der Waals surface area (Å²) in [6.07, 6.45) is -0.997. The number of carbonyl (C=O) groups is 2. The molecule has 0 aliphatic carbocycles. The van der Waals surface area contributed by atoms with Gasteiger partial charge in [-0.2, -0.15) is 0 Å². The third-order valence-corrected chi connectivity index (χ3v) is 5.28. The number of thiophene rings is 1. The Morgan fingerprint density at radius 1 is 0.923 bits per heavy atom. The Labute approximate surface area is 164 Å². The van der Waals surface area contributed by atoms with Crippen LogP contribution in [0.1, 0.15) is 20.0 Å². The van der Waals surface area contributed by atoms with Crippen LogP contribution in [-0.4, -0.2) is 17.9 Å². The molecule has 0 fully saturated rings. The first-order valence-electron chi connectivity index (χ1n) is 7.70. The standard InChI is InChI=1S/C19H14Cl2N2O2S/c20-13-8-4-9-14(16(13)21)22-18(17(24)12-6-2-1-3-7-12)23-19(25)15-10-5-11-26-15/h1-11,18,22H,(H,23,25). The summed E-state index contributed by atoms with van der Waals surface area (Å²) in [5.74, 6) is -0.633. The third-order valence-electron chi connectivity index (χ3n) is 3.59. The molecule has 132 valence electrons. The van der Waals surface area contributed by atoms with Crippen molar-refractivity contribution in [3.63, 3.8) is 0 Å². The van der Waals surface area contributed by atoms with E-state index >= 15 is 0 Å². The lowest BCUT2D eigenvalue weighted by Crippen LogP contribution is -2.46. The van der Waals surface area contributed by atoms with E-state index in [1.807, 2.05) is 6.07 Å². The van der Waals surface area contributed by atoms with Crippen molar-refractivity contribution in [3.8, 4) is 0 Å². The molecule has 0 aliphatic rings. The molecule has 1 unspecified atom stereocenters. The summed E-state index contributed by atoms with van der Waals surface area (Å²) in [7, 11) is 0. The fraction of sp³-hybridized carbons (Fsp3) is 0.0526. The van der Waals surface area contributed by atoms with Crippen molar-refractivity contribution in [2.75, 3.05) is 5.32 Å². The fourth-order valence-corrected chi connectivity index (χ4v) is 3.30. The van der Waals surface area contributed by atoms with Gasteiger partial charge in [-0.25, -0.2) is 0 Å². The molecule has 1 amide bonds. The average Bonchev–Trinajstić information content (AvgIpc) is 3.20. The summed E-state index contributed by atoms with van der Waals surface area (Å²) in [5, 5.41) is 8.14. The van der Waals surface area contributed by atoms with Crippen LogP contribution in [0.25, 0.3) is 0 Å². The van der Waals surface area contributed by atoms with Gasteiger partial charge < -0.3 is 10.6 Å². The molecule has 0 radical (unpaired) electrons. The Bertz CT molecular complexity index is 915. The number of Topliss-reactive ketones (excluding diaryl/α,β-unsaturated/α-hetero) is 1. The van der Waals surface area contributed by atoms with Crippen LogP contribution < -0.4 is 10.6 Å². The van der Waals surface area contributed by atoms with E-state index < -0.39 is 6.17 Å². The molecule has 2 aromatic carbocycles. The second-order valence-corrected chi connectivity index (χ2v) is 7.09. The SMILES string of the molecule is O=C(NC(Nc1cccc(Cl)c1Cl)C(=O)c1ccccc1)c1cccs1. The van der Waals surface area contributed by atoms with Crippen LogP contribution in [0.4, 0.5) is 5.69 Å². The Morgan fingerprint density at radius 2 is 1.69 bits per heavy atom. The molecule has 0 saturated heterocycles. The lowest BCUT2D eigenvalue weighted by atomic mass is 10.1. The highest BCUT2D eigenvalue weighted by Gasteiger charge is 2.24. The van der Waals surface area contributed by atoms with Crippen molar-refractivity contribution in [1.82, 2.24) is 5.32 Å². The zero-order valence-corrected chi connectivity index (χ0v) is 15.7. The molecular weight excluding hydrogens is 391 g/mol. The van der Waals surface area contributed by atoms with Crippen molar-refractivity contribution < 1.29 is 9.59 Å². The smallest absolute Gasteiger partial charge is 0.263 e. The molecule has 0 spiro atoms. The van der Waals surface area contributed by atoms with E-state index in [1.165, 1.54) is 11.3 Å². The lowest BCUT2D eigenvalue weighted by Gasteiger charge is -2.21. The number of rotatable bonds is 6. The highest BCUT2D eigenvalue weighted by molar-refractivity contribution is 7.12. The molecular formula is C19H14Cl2N2O2S. The quantitative estimate of drug-likeness (QED) is 0.443. The van der Waals surface area contributed by atoms with E-state index in [2.05, 4.69) is 10.6 Å². The van der Waals surface area contributed by atoms with Gasteiger partial charge in [0.1, 0.15) is 0 Å². The van der Waals surface area contributed by atoms with Crippen LogP contribution in [0.3, 0.4) is 0 Å². The molecule has 1 aromatic heterocycles. The monoisotopic (exact) mass is 404 g/mol. The van der Waals surface area contributed by atoms with Crippen molar-refractivity contribution in [2.24, 2.45) is 0 Å². The van der Waals surface area contributed by atoms with E-state index in [-0.39, 0.29) is 16.7 Å². The van der Waals surface area contributed by atoms with E-state index in [0.29, 0.717) is 21.2 Å². The minimum absolute atomic E-state index is 0.283. The minimum Gasteiger partial charge on any atom is -0.358 e. The molecule has 0 saturated carbocycles. The number of carbonyl (C=O) groups excluding carboxylic acids is 2. The number of nitrogens with one attached hydrogen (secondary N) is 2. The summed E-state index contributed by atoms with van der Waals surface area (Å²) in [6.45, 7) is 0. The normalized spacial score (nSPS) is 11.6. The van der Waals surface area contributed by atoms with Gasteiger partial charge in [0.2, 0.25) is 5.78 Å². The lowest BCUT2D eigenvalue weighted by molar-refractivity contribution is 0.0872.